The topological polar surface area (TPSA) is 79.1 Å². The Morgan fingerprint density at radius 3 is 2.66 bits per heavy atom. The Morgan fingerprint density at radius 2 is 1.97 bits per heavy atom. The molecule has 0 aliphatic heterocycles. The first-order valence-electron chi connectivity index (χ1n) is 8.78. The zero-order chi connectivity index (χ0) is 20.4. The van der Waals surface area contributed by atoms with Gasteiger partial charge in [0.2, 0.25) is 0 Å². The number of rotatable bonds is 6. The molecular formula is C19H15F3N4O3. The molecule has 1 aliphatic rings. The molecule has 1 saturated carbocycles. The lowest BCUT2D eigenvalue weighted by Gasteiger charge is -2.09. The predicted octanol–water partition coefficient (Wildman–Crippen LogP) is 3.58. The lowest BCUT2D eigenvalue weighted by Crippen LogP contribution is -2.09. The van der Waals surface area contributed by atoms with E-state index in [0.717, 1.165) is 18.9 Å². The van der Waals surface area contributed by atoms with Crippen LogP contribution in [-0.2, 0) is 17.5 Å². The average Bonchev–Trinajstić information content (AvgIpc) is 3.39. The Hall–Kier alpha value is -3.43. The molecule has 1 fully saturated rings. The quantitative estimate of drug-likeness (QED) is 0.585. The van der Waals surface area contributed by atoms with Crippen LogP contribution in [0.4, 0.5) is 13.2 Å². The molecule has 0 atom stereocenters. The van der Waals surface area contributed by atoms with Gasteiger partial charge in [0.1, 0.15) is 23.6 Å². The van der Waals surface area contributed by atoms with Gasteiger partial charge < -0.3 is 9.47 Å². The Labute approximate surface area is 163 Å². The van der Waals surface area contributed by atoms with Crippen molar-refractivity contribution in [1.29, 1.82) is 0 Å². The van der Waals surface area contributed by atoms with Gasteiger partial charge in [-0.1, -0.05) is 17.3 Å². The second kappa shape index (κ2) is 7.53. The van der Waals surface area contributed by atoms with Crippen molar-refractivity contribution in [2.24, 2.45) is 0 Å². The molecule has 0 spiro atoms. The minimum atomic E-state index is -4.47. The van der Waals surface area contributed by atoms with Crippen LogP contribution in [0.25, 0.3) is 5.82 Å². The molecule has 1 aliphatic carbocycles. The average molecular weight is 404 g/mol. The first-order valence-corrected chi connectivity index (χ1v) is 8.78. The Balaban J connectivity index is 1.40. The standard InChI is InChI=1S/C19H15F3N4O3/c20-19(21,22)12-5-8-17(23-9-12)26-10-13(24-25-26)11-28-18(27)15-3-1-2-4-16(15)29-14-6-7-14/h1-5,8-10,14H,6-7,11H2. The summed E-state index contributed by atoms with van der Waals surface area (Å²) < 4.78 is 50.0. The third kappa shape index (κ3) is 4.53. The van der Waals surface area contributed by atoms with Crippen molar-refractivity contribution in [3.05, 3.63) is 65.6 Å². The lowest BCUT2D eigenvalue weighted by atomic mass is 10.2. The third-order valence-corrected chi connectivity index (χ3v) is 4.13. The normalized spacial score (nSPS) is 13.9. The van der Waals surface area contributed by atoms with Crippen LogP contribution in [0, 0.1) is 0 Å². The van der Waals surface area contributed by atoms with Gasteiger partial charge in [-0.15, -0.1) is 5.10 Å². The van der Waals surface area contributed by atoms with Crippen LogP contribution in [0.3, 0.4) is 0 Å². The van der Waals surface area contributed by atoms with Crippen molar-refractivity contribution in [2.45, 2.75) is 31.7 Å². The summed E-state index contributed by atoms with van der Waals surface area (Å²) in [6, 6.07) is 8.89. The Kier molecular flexibility index (Phi) is 4.91. The van der Waals surface area contributed by atoms with Gasteiger partial charge in [-0.3, -0.25) is 0 Å². The van der Waals surface area contributed by atoms with E-state index >= 15 is 0 Å². The first-order chi connectivity index (χ1) is 13.9. The molecule has 29 heavy (non-hydrogen) atoms. The van der Waals surface area contributed by atoms with Crippen molar-refractivity contribution in [3.8, 4) is 11.6 Å². The van der Waals surface area contributed by atoms with Gasteiger partial charge in [0.25, 0.3) is 0 Å². The number of carbonyl (C=O) groups excluding carboxylic acids is 1. The molecule has 0 saturated heterocycles. The number of pyridine rings is 1. The maximum Gasteiger partial charge on any atom is 0.417 e. The molecule has 4 rings (SSSR count). The van der Waals surface area contributed by atoms with E-state index in [0.29, 0.717) is 23.2 Å². The summed E-state index contributed by atoms with van der Waals surface area (Å²) in [4.78, 5) is 16.1. The number of hydrogen-bond donors (Lipinski definition) is 0. The van der Waals surface area contributed by atoms with E-state index in [1.54, 1.807) is 24.3 Å². The number of alkyl halides is 3. The highest BCUT2D eigenvalue weighted by molar-refractivity contribution is 5.92. The number of para-hydroxylation sites is 1. The molecule has 10 heteroatoms. The van der Waals surface area contributed by atoms with Crippen LogP contribution in [0.15, 0.2) is 48.8 Å². The summed E-state index contributed by atoms with van der Waals surface area (Å²) in [5, 5.41) is 7.65. The number of esters is 1. The minimum Gasteiger partial charge on any atom is -0.490 e. The van der Waals surface area contributed by atoms with E-state index < -0.39 is 17.7 Å². The van der Waals surface area contributed by atoms with Crippen LogP contribution in [0.5, 0.6) is 5.75 Å². The number of nitrogens with zero attached hydrogens (tertiary/aromatic N) is 4. The summed E-state index contributed by atoms with van der Waals surface area (Å²) in [7, 11) is 0. The summed E-state index contributed by atoms with van der Waals surface area (Å²) in [6.45, 7) is -0.156. The highest BCUT2D eigenvalue weighted by Gasteiger charge is 2.30. The maximum atomic E-state index is 12.6. The molecule has 2 heterocycles. The maximum absolute atomic E-state index is 12.6. The van der Waals surface area contributed by atoms with E-state index in [-0.39, 0.29) is 18.5 Å². The van der Waals surface area contributed by atoms with Crippen molar-refractivity contribution in [1.82, 2.24) is 20.0 Å². The number of aromatic nitrogens is 4. The summed E-state index contributed by atoms with van der Waals surface area (Å²) in [5.74, 6) is 0.0623. The number of benzene rings is 1. The zero-order valence-electron chi connectivity index (χ0n) is 15.0. The molecule has 0 radical (unpaired) electrons. The summed E-state index contributed by atoms with van der Waals surface area (Å²) in [5.41, 5.74) is -0.223. The SMILES string of the molecule is O=C(OCc1cn(-c2ccc(C(F)(F)F)cn2)nn1)c1ccccc1OC1CC1. The zero-order valence-corrected chi connectivity index (χ0v) is 15.0. The molecule has 0 unspecified atom stereocenters. The molecule has 7 nitrogen and oxygen atoms in total. The molecule has 150 valence electrons. The molecule has 0 N–H and O–H groups in total. The molecule has 0 amide bonds. The van der Waals surface area contributed by atoms with Crippen LogP contribution in [0.2, 0.25) is 0 Å². The summed E-state index contributed by atoms with van der Waals surface area (Å²) in [6.07, 6.45) is -0.259. The van der Waals surface area contributed by atoms with Crippen molar-refractivity contribution < 1.29 is 27.4 Å². The number of carbonyl (C=O) groups is 1. The number of ether oxygens (including phenoxy) is 2. The van der Waals surface area contributed by atoms with Gasteiger partial charge in [0.15, 0.2) is 5.82 Å². The molecular weight excluding hydrogens is 389 g/mol. The fourth-order valence-corrected chi connectivity index (χ4v) is 2.49. The van der Waals surface area contributed by atoms with Gasteiger partial charge in [-0.05, 0) is 37.1 Å². The lowest BCUT2D eigenvalue weighted by molar-refractivity contribution is -0.137. The molecule has 3 aromatic rings. The minimum absolute atomic E-state index is 0.139. The van der Waals surface area contributed by atoms with E-state index in [4.69, 9.17) is 9.47 Å². The van der Waals surface area contributed by atoms with E-state index in [9.17, 15) is 18.0 Å². The van der Waals surface area contributed by atoms with Crippen LogP contribution in [-0.4, -0.2) is 32.1 Å². The van der Waals surface area contributed by atoms with E-state index in [2.05, 4.69) is 15.3 Å². The van der Waals surface area contributed by atoms with Gasteiger partial charge in [-0.2, -0.15) is 13.2 Å². The van der Waals surface area contributed by atoms with Gasteiger partial charge >= 0.3 is 12.1 Å². The highest BCUT2D eigenvalue weighted by atomic mass is 19.4. The molecule has 1 aromatic carbocycles. The largest absolute Gasteiger partial charge is 0.490 e. The Bertz CT molecular complexity index is 1010. The van der Waals surface area contributed by atoms with Crippen molar-refractivity contribution in [2.75, 3.05) is 0 Å². The van der Waals surface area contributed by atoms with Gasteiger partial charge in [0, 0.05) is 6.20 Å². The van der Waals surface area contributed by atoms with Crippen molar-refractivity contribution >= 4 is 5.97 Å². The van der Waals surface area contributed by atoms with Gasteiger partial charge in [0.05, 0.1) is 17.9 Å². The Morgan fingerprint density at radius 1 is 1.17 bits per heavy atom. The monoisotopic (exact) mass is 404 g/mol. The second-order valence-corrected chi connectivity index (χ2v) is 6.45. The van der Waals surface area contributed by atoms with Crippen LogP contribution >= 0.6 is 0 Å². The molecule has 0 bridgehead atoms. The molecule has 2 aromatic heterocycles. The number of hydrogen-bond acceptors (Lipinski definition) is 6. The number of halogens is 3. The van der Waals surface area contributed by atoms with E-state index in [1.165, 1.54) is 16.9 Å². The van der Waals surface area contributed by atoms with Crippen LogP contribution in [0.1, 0.15) is 34.5 Å². The smallest absolute Gasteiger partial charge is 0.417 e. The first kappa shape index (κ1) is 18.9. The fourth-order valence-electron chi connectivity index (χ4n) is 2.49. The highest BCUT2D eigenvalue weighted by Crippen LogP contribution is 2.30. The predicted molar refractivity (Wildman–Crippen MR) is 93.4 cm³/mol. The fraction of sp³-hybridized carbons (Fsp3) is 0.263. The van der Waals surface area contributed by atoms with Crippen LogP contribution < -0.4 is 4.74 Å². The van der Waals surface area contributed by atoms with Gasteiger partial charge in [-0.25, -0.2) is 14.5 Å². The third-order valence-electron chi connectivity index (χ3n) is 4.13. The van der Waals surface area contributed by atoms with Crippen molar-refractivity contribution in [3.63, 3.8) is 0 Å². The second-order valence-electron chi connectivity index (χ2n) is 6.45. The summed E-state index contributed by atoms with van der Waals surface area (Å²) >= 11 is 0. The van der Waals surface area contributed by atoms with E-state index in [1.807, 2.05) is 0 Å².